The molecule has 0 aliphatic carbocycles. The number of aryl methyl sites for hydroxylation is 1. The summed E-state index contributed by atoms with van der Waals surface area (Å²) in [7, 11) is 0. The molecule has 2 unspecified atom stereocenters. The maximum Gasteiger partial charge on any atom is 0.234 e. The van der Waals surface area contributed by atoms with Crippen molar-refractivity contribution >= 4 is 5.91 Å². The number of carbonyl (C=O) groups excluding carboxylic acids is 1. The van der Waals surface area contributed by atoms with Crippen molar-refractivity contribution < 1.29 is 4.79 Å². The number of carbonyl (C=O) groups is 1. The Bertz CT molecular complexity index is 435. The molecule has 4 nitrogen and oxygen atoms in total. The van der Waals surface area contributed by atoms with Crippen LogP contribution < -0.4 is 11.1 Å². The summed E-state index contributed by atoms with van der Waals surface area (Å²) in [6.45, 7) is 5.27. The SMILES string of the molecule is CC1CN(CC(=O)NCCCc2ccccc2)CCC1N. The van der Waals surface area contributed by atoms with E-state index in [1.807, 2.05) is 6.07 Å². The van der Waals surface area contributed by atoms with Crippen LogP contribution in [0.5, 0.6) is 0 Å². The van der Waals surface area contributed by atoms with E-state index in [1.165, 1.54) is 5.56 Å². The van der Waals surface area contributed by atoms with Gasteiger partial charge < -0.3 is 11.1 Å². The number of nitrogens with two attached hydrogens (primary N) is 1. The van der Waals surface area contributed by atoms with Gasteiger partial charge in [0.05, 0.1) is 6.54 Å². The minimum absolute atomic E-state index is 0.130. The second-order valence-electron chi connectivity index (χ2n) is 6.10. The van der Waals surface area contributed by atoms with E-state index in [0.29, 0.717) is 12.5 Å². The van der Waals surface area contributed by atoms with Gasteiger partial charge in [-0.25, -0.2) is 0 Å². The Hall–Kier alpha value is -1.39. The molecule has 1 aromatic rings. The zero-order valence-electron chi connectivity index (χ0n) is 12.9. The number of benzene rings is 1. The third kappa shape index (κ3) is 5.48. The summed E-state index contributed by atoms with van der Waals surface area (Å²) >= 11 is 0. The van der Waals surface area contributed by atoms with Crippen molar-refractivity contribution in [2.24, 2.45) is 11.7 Å². The molecule has 2 rings (SSSR count). The number of piperidine rings is 1. The first kappa shape index (κ1) is 16.0. The normalized spacial score (nSPS) is 23.0. The Morgan fingerprint density at radius 2 is 2.14 bits per heavy atom. The predicted molar refractivity (Wildman–Crippen MR) is 86.0 cm³/mol. The number of hydrogen-bond donors (Lipinski definition) is 2. The summed E-state index contributed by atoms with van der Waals surface area (Å²) in [5.74, 6) is 0.607. The first-order valence-corrected chi connectivity index (χ1v) is 7.93. The minimum atomic E-state index is 0.130. The van der Waals surface area contributed by atoms with E-state index in [4.69, 9.17) is 5.73 Å². The van der Waals surface area contributed by atoms with Gasteiger partial charge in [0.15, 0.2) is 0 Å². The Kier molecular flexibility index (Phi) is 6.21. The van der Waals surface area contributed by atoms with Crippen LogP contribution in [0.1, 0.15) is 25.3 Å². The Morgan fingerprint density at radius 3 is 2.86 bits per heavy atom. The van der Waals surface area contributed by atoms with Crippen LogP contribution in [0.2, 0.25) is 0 Å². The summed E-state index contributed by atoms with van der Waals surface area (Å²) in [6.07, 6.45) is 2.98. The van der Waals surface area contributed by atoms with Crippen LogP contribution in [0.4, 0.5) is 0 Å². The lowest BCUT2D eigenvalue weighted by Gasteiger charge is -2.34. The average molecular weight is 289 g/mol. The molecule has 1 aromatic carbocycles. The van der Waals surface area contributed by atoms with Crippen LogP contribution in [0.25, 0.3) is 0 Å². The molecule has 2 atom stereocenters. The lowest BCUT2D eigenvalue weighted by molar-refractivity contribution is -0.122. The molecule has 1 saturated heterocycles. The number of nitrogens with one attached hydrogen (secondary N) is 1. The van der Waals surface area contributed by atoms with Crippen molar-refractivity contribution in [2.45, 2.75) is 32.2 Å². The van der Waals surface area contributed by atoms with Crippen LogP contribution in [0, 0.1) is 5.92 Å². The molecule has 0 spiro atoms. The van der Waals surface area contributed by atoms with E-state index in [0.717, 1.165) is 38.9 Å². The minimum Gasteiger partial charge on any atom is -0.355 e. The highest BCUT2D eigenvalue weighted by atomic mass is 16.2. The Balaban J connectivity index is 1.59. The predicted octanol–water partition coefficient (Wildman–Crippen LogP) is 1.40. The Morgan fingerprint density at radius 1 is 1.38 bits per heavy atom. The fourth-order valence-electron chi connectivity index (χ4n) is 2.82. The fraction of sp³-hybridized carbons (Fsp3) is 0.588. The molecule has 1 fully saturated rings. The summed E-state index contributed by atoms with van der Waals surface area (Å²) in [6, 6.07) is 10.7. The maximum absolute atomic E-state index is 11.9. The van der Waals surface area contributed by atoms with Crippen molar-refractivity contribution in [3.63, 3.8) is 0 Å². The summed E-state index contributed by atoms with van der Waals surface area (Å²) in [4.78, 5) is 14.1. The van der Waals surface area contributed by atoms with Gasteiger partial charge in [0.1, 0.15) is 0 Å². The van der Waals surface area contributed by atoms with Crippen LogP contribution in [0.15, 0.2) is 30.3 Å². The molecular formula is C17H27N3O. The van der Waals surface area contributed by atoms with E-state index in [2.05, 4.69) is 41.4 Å². The molecule has 4 heteroatoms. The van der Waals surface area contributed by atoms with Gasteiger partial charge in [0.2, 0.25) is 5.91 Å². The van der Waals surface area contributed by atoms with E-state index in [-0.39, 0.29) is 11.9 Å². The highest BCUT2D eigenvalue weighted by Crippen LogP contribution is 2.14. The molecule has 1 amide bonds. The van der Waals surface area contributed by atoms with Gasteiger partial charge in [-0.05, 0) is 30.7 Å². The monoisotopic (exact) mass is 289 g/mol. The molecule has 3 N–H and O–H groups in total. The maximum atomic E-state index is 11.9. The molecule has 1 aliphatic rings. The van der Waals surface area contributed by atoms with E-state index in [9.17, 15) is 4.79 Å². The lowest BCUT2D eigenvalue weighted by atomic mass is 9.95. The average Bonchev–Trinajstić information content (AvgIpc) is 2.49. The number of amides is 1. The van der Waals surface area contributed by atoms with E-state index >= 15 is 0 Å². The highest BCUT2D eigenvalue weighted by Gasteiger charge is 2.24. The molecule has 1 heterocycles. The van der Waals surface area contributed by atoms with E-state index < -0.39 is 0 Å². The molecule has 0 radical (unpaired) electrons. The lowest BCUT2D eigenvalue weighted by Crippen LogP contribution is -2.49. The van der Waals surface area contributed by atoms with E-state index in [1.54, 1.807) is 0 Å². The third-order valence-corrected chi connectivity index (χ3v) is 4.23. The zero-order valence-corrected chi connectivity index (χ0v) is 12.9. The van der Waals surface area contributed by atoms with Gasteiger partial charge in [0.25, 0.3) is 0 Å². The molecule has 21 heavy (non-hydrogen) atoms. The highest BCUT2D eigenvalue weighted by molar-refractivity contribution is 5.77. The Labute approximate surface area is 127 Å². The van der Waals surface area contributed by atoms with Crippen molar-refractivity contribution in [3.8, 4) is 0 Å². The summed E-state index contributed by atoms with van der Waals surface area (Å²) in [5.41, 5.74) is 7.32. The molecule has 1 aliphatic heterocycles. The van der Waals surface area contributed by atoms with Crippen molar-refractivity contribution in [1.82, 2.24) is 10.2 Å². The van der Waals surface area contributed by atoms with Crippen molar-refractivity contribution in [1.29, 1.82) is 0 Å². The quantitative estimate of drug-likeness (QED) is 0.778. The smallest absolute Gasteiger partial charge is 0.234 e. The van der Waals surface area contributed by atoms with Gasteiger partial charge >= 0.3 is 0 Å². The van der Waals surface area contributed by atoms with Gasteiger partial charge in [-0.15, -0.1) is 0 Å². The first-order valence-electron chi connectivity index (χ1n) is 7.93. The summed E-state index contributed by atoms with van der Waals surface area (Å²) < 4.78 is 0. The van der Waals surface area contributed by atoms with Crippen LogP contribution in [-0.2, 0) is 11.2 Å². The number of likely N-dealkylation sites (tertiary alicyclic amines) is 1. The molecule has 0 aromatic heterocycles. The largest absolute Gasteiger partial charge is 0.355 e. The van der Waals surface area contributed by atoms with Crippen LogP contribution >= 0.6 is 0 Å². The van der Waals surface area contributed by atoms with Gasteiger partial charge in [-0.1, -0.05) is 37.3 Å². The topological polar surface area (TPSA) is 58.4 Å². The zero-order chi connectivity index (χ0) is 15.1. The summed E-state index contributed by atoms with van der Waals surface area (Å²) in [5, 5.41) is 3.01. The second kappa shape index (κ2) is 8.15. The van der Waals surface area contributed by atoms with Gasteiger partial charge in [-0.3, -0.25) is 9.69 Å². The van der Waals surface area contributed by atoms with Crippen molar-refractivity contribution in [3.05, 3.63) is 35.9 Å². The molecule has 0 bridgehead atoms. The number of nitrogens with zero attached hydrogens (tertiary/aromatic N) is 1. The van der Waals surface area contributed by atoms with Crippen molar-refractivity contribution in [2.75, 3.05) is 26.2 Å². The van der Waals surface area contributed by atoms with Crippen LogP contribution in [0.3, 0.4) is 0 Å². The fourth-order valence-corrected chi connectivity index (χ4v) is 2.82. The molecule has 116 valence electrons. The van der Waals surface area contributed by atoms with Gasteiger partial charge in [0, 0.05) is 25.7 Å². The second-order valence-corrected chi connectivity index (χ2v) is 6.10. The molecular weight excluding hydrogens is 262 g/mol. The number of hydrogen-bond acceptors (Lipinski definition) is 3. The van der Waals surface area contributed by atoms with Gasteiger partial charge in [-0.2, -0.15) is 0 Å². The third-order valence-electron chi connectivity index (χ3n) is 4.23. The standard InChI is InChI=1S/C17H27N3O/c1-14-12-20(11-9-16(14)18)13-17(21)19-10-5-8-15-6-3-2-4-7-15/h2-4,6-7,14,16H,5,8-13,18H2,1H3,(H,19,21). The molecule has 0 saturated carbocycles. The number of rotatable bonds is 6. The van der Waals surface area contributed by atoms with Crippen LogP contribution in [-0.4, -0.2) is 43.0 Å². The first-order chi connectivity index (χ1) is 10.1.